The Morgan fingerprint density at radius 3 is 2.65 bits per heavy atom. The van der Waals surface area contributed by atoms with Gasteiger partial charge in [-0.1, -0.05) is 42.5 Å². The van der Waals surface area contributed by atoms with Gasteiger partial charge in [0, 0.05) is 5.69 Å². The topological polar surface area (TPSA) is 58.6 Å². The molecule has 4 heteroatoms. The van der Waals surface area contributed by atoms with Crippen LogP contribution in [-0.4, -0.2) is 11.2 Å². The van der Waals surface area contributed by atoms with Crippen LogP contribution in [0, 0.1) is 6.92 Å². The molecule has 4 nitrogen and oxygen atoms in total. The van der Waals surface area contributed by atoms with Gasteiger partial charge in [-0.15, -0.1) is 0 Å². The molecule has 23 heavy (non-hydrogen) atoms. The number of rotatable bonds is 3. The van der Waals surface area contributed by atoms with Crippen molar-refractivity contribution in [3.8, 4) is 5.75 Å². The Balaban J connectivity index is 1.69. The molecule has 0 aromatic heterocycles. The number of carbonyl (C=O) groups is 1. The van der Waals surface area contributed by atoms with Crippen LogP contribution in [0.4, 0.5) is 10.5 Å². The molecule has 0 unspecified atom stereocenters. The van der Waals surface area contributed by atoms with Crippen molar-refractivity contribution in [2.75, 3.05) is 5.32 Å². The number of anilines is 1. The van der Waals surface area contributed by atoms with E-state index in [9.17, 15) is 9.90 Å². The maximum Gasteiger partial charge on any atom is 0.411 e. The molecule has 1 amide bonds. The van der Waals surface area contributed by atoms with Crippen molar-refractivity contribution in [1.82, 2.24) is 0 Å². The van der Waals surface area contributed by atoms with Crippen LogP contribution in [0.15, 0.2) is 60.7 Å². The molecule has 0 bridgehead atoms. The number of phenols is 1. The summed E-state index contributed by atoms with van der Waals surface area (Å²) in [6.45, 7) is 2.09. The van der Waals surface area contributed by atoms with Crippen LogP contribution in [0.1, 0.15) is 11.1 Å². The first-order chi connectivity index (χ1) is 11.1. The summed E-state index contributed by atoms with van der Waals surface area (Å²) in [6.07, 6.45) is -0.497. The van der Waals surface area contributed by atoms with Gasteiger partial charge in [0.25, 0.3) is 0 Å². The largest absolute Gasteiger partial charge is 0.508 e. The summed E-state index contributed by atoms with van der Waals surface area (Å²) in [5, 5.41) is 14.3. The number of aryl methyl sites for hydroxylation is 1. The van der Waals surface area contributed by atoms with E-state index in [2.05, 4.69) is 5.32 Å². The lowest BCUT2D eigenvalue weighted by Crippen LogP contribution is -2.13. The highest BCUT2D eigenvalue weighted by Gasteiger charge is 2.07. The normalized spacial score (nSPS) is 10.5. The van der Waals surface area contributed by atoms with Crippen molar-refractivity contribution in [3.05, 3.63) is 71.8 Å². The van der Waals surface area contributed by atoms with E-state index in [4.69, 9.17) is 4.74 Å². The van der Waals surface area contributed by atoms with E-state index in [1.807, 2.05) is 55.5 Å². The van der Waals surface area contributed by atoms with Gasteiger partial charge in [0.05, 0.1) is 0 Å². The molecule has 0 aliphatic heterocycles. The zero-order valence-electron chi connectivity index (χ0n) is 12.7. The summed E-state index contributed by atoms with van der Waals surface area (Å²) in [6, 6.07) is 18.5. The first-order valence-electron chi connectivity index (χ1n) is 7.33. The van der Waals surface area contributed by atoms with E-state index in [0.717, 1.165) is 21.9 Å². The highest BCUT2D eigenvalue weighted by molar-refractivity contribution is 5.93. The number of fused-ring (bicyclic) bond motifs is 1. The number of phenolic OH excluding ortho intramolecular Hbond substituents is 1. The summed E-state index contributed by atoms with van der Waals surface area (Å²) >= 11 is 0. The van der Waals surface area contributed by atoms with Crippen LogP contribution in [0.3, 0.4) is 0 Å². The first-order valence-corrected chi connectivity index (χ1v) is 7.33. The summed E-state index contributed by atoms with van der Waals surface area (Å²) < 4.78 is 5.20. The predicted molar refractivity (Wildman–Crippen MR) is 90.6 cm³/mol. The van der Waals surface area contributed by atoms with Gasteiger partial charge in [-0.2, -0.15) is 0 Å². The number of benzene rings is 3. The molecule has 0 saturated carbocycles. The molecule has 2 N–H and O–H groups in total. The standard InChI is InChI=1S/C19H17NO3/c1-13-17-9-8-16(11-15(17)7-10-18(13)21)20-19(22)23-12-14-5-3-2-4-6-14/h2-11,21H,12H2,1H3,(H,20,22). The minimum absolute atomic E-state index is 0.229. The van der Waals surface area contributed by atoms with Crippen LogP contribution < -0.4 is 5.32 Å². The third-order valence-corrected chi connectivity index (χ3v) is 3.72. The Morgan fingerprint density at radius 1 is 1.09 bits per heavy atom. The molecule has 116 valence electrons. The van der Waals surface area contributed by atoms with Gasteiger partial charge < -0.3 is 9.84 Å². The van der Waals surface area contributed by atoms with E-state index < -0.39 is 6.09 Å². The molecule has 0 aliphatic rings. The van der Waals surface area contributed by atoms with Gasteiger partial charge in [0.15, 0.2) is 0 Å². The Morgan fingerprint density at radius 2 is 1.87 bits per heavy atom. The lowest BCUT2D eigenvalue weighted by atomic mass is 10.0. The quantitative estimate of drug-likeness (QED) is 0.743. The molecule has 0 spiro atoms. The molecule has 3 aromatic carbocycles. The number of carbonyl (C=O) groups excluding carboxylic acids is 1. The lowest BCUT2D eigenvalue weighted by molar-refractivity contribution is 0.155. The second-order valence-corrected chi connectivity index (χ2v) is 5.33. The van der Waals surface area contributed by atoms with E-state index in [0.29, 0.717) is 5.69 Å². The highest BCUT2D eigenvalue weighted by atomic mass is 16.5. The second kappa shape index (κ2) is 6.40. The number of nitrogens with one attached hydrogen (secondary N) is 1. The van der Waals surface area contributed by atoms with E-state index in [1.54, 1.807) is 12.1 Å². The maximum atomic E-state index is 11.9. The van der Waals surface area contributed by atoms with Gasteiger partial charge in [0.1, 0.15) is 12.4 Å². The third kappa shape index (κ3) is 3.43. The number of aromatic hydroxyl groups is 1. The van der Waals surface area contributed by atoms with Crippen molar-refractivity contribution in [2.45, 2.75) is 13.5 Å². The molecule has 0 atom stereocenters. The van der Waals surface area contributed by atoms with E-state index in [-0.39, 0.29) is 12.4 Å². The van der Waals surface area contributed by atoms with Crippen molar-refractivity contribution >= 4 is 22.6 Å². The fourth-order valence-electron chi connectivity index (χ4n) is 2.43. The average molecular weight is 307 g/mol. The molecule has 0 fully saturated rings. The van der Waals surface area contributed by atoms with Gasteiger partial charge in [-0.25, -0.2) is 4.79 Å². The third-order valence-electron chi connectivity index (χ3n) is 3.72. The van der Waals surface area contributed by atoms with E-state index >= 15 is 0 Å². The zero-order chi connectivity index (χ0) is 16.2. The van der Waals surface area contributed by atoms with Gasteiger partial charge in [-0.05, 0) is 47.0 Å². The number of ether oxygens (including phenoxy) is 1. The van der Waals surface area contributed by atoms with Crippen molar-refractivity contribution in [3.63, 3.8) is 0 Å². The maximum absolute atomic E-state index is 11.9. The first kappa shape index (κ1) is 14.9. The summed E-state index contributed by atoms with van der Waals surface area (Å²) in [4.78, 5) is 11.9. The van der Waals surface area contributed by atoms with Gasteiger partial charge >= 0.3 is 6.09 Å². The molecule has 3 rings (SSSR count). The minimum Gasteiger partial charge on any atom is -0.508 e. The van der Waals surface area contributed by atoms with Crippen LogP contribution in [0.5, 0.6) is 5.75 Å². The molecule has 0 radical (unpaired) electrons. The highest BCUT2D eigenvalue weighted by Crippen LogP contribution is 2.28. The monoisotopic (exact) mass is 307 g/mol. The average Bonchev–Trinajstić information content (AvgIpc) is 2.57. The van der Waals surface area contributed by atoms with Crippen LogP contribution in [0.25, 0.3) is 10.8 Å². The van der Waals surface area contributed by atoms with Crippen LogP contribution in [-0.2, 0) is 11.3 Å². The van der Waals surface area contributed by atoms with Crippen molar-refractivity contribution in [1.29, 1.82) is 0 Å². The second-order valence-electron chi connectivity index (χ2n) is 5.33. The fourth-order valence-corrected chi connectivity index (χ4v) is 2.43. The zero-order valence-corrected chi connectivity index (χ0v) is 12.7. The van der Waals surface area contributed by atoms with Crippen molar-refractivity contribution in [2.24, 2.45) is 0 Å². The van der Waals surface area contributed by atoms with Crippen LogP contribution in [0.2, 0.25) is 0 Å². The fraction of sp³-hybridized carbons (Fsp3) is 0.105. The number of hydrogen-bond donors (Lipinski definition) is 2. The van der Waals surface area contributed by atoms with E-state index in [1.165, 1.54) is 0 Å². The summed E-state index contributed by atoms with van der Waals surface area (Å²) in [5.74, 6) is 0.264. The lowest BCUT2D eigenvalue weighted by Gasteiger charge is -2.09. The summed E-state index contributed by atoms with van der Waals surface area (Å²) in [5.41, 5.74) is 2.41. The minimum atomic E-state index is -0.497. The molecular formula is C19H17NO3. The Kier molecular flexibility index (Phi) is 4.15. The molecule has 0 saturated heterocycles. The van der Waals surface area contributed by atoms with Gasteiger partial charge in [0.2, 0.25) is 0 Å². The van der Waals surface area contributed by atoms with Gasteiger partial charge in [-0.3, -0.25) is 5.32 Å². The van der Waals surface area contributed by atoms with Crippen LogP contribution >= 0.6 is 0 Å². The summed E-state index contributed by atoms with van der Waals surface area (Å²) in [7, 11) is 0. The Hall–Kier alpha value is -3.01. The smallest absolute Gasteiger partial charge is 0.411 e. The molecule has 0 aliphatic carbocycles. The molecular weight excluding hydrogens is 290 g/mol. The number of amides is 1. The predicted octanol–water partition coefficient (Wildman–Crippen LogP) is 4.60. The Bertz CT molecular complexity index is 844. The molecule has 0 heterocycles. The number of hydrogen-bond acceptors (Lipinski definition) is 3. The SMILES string of the molecule is Cc1c(O)ccc2cc(NC(=O)OCc3ccccc3)ccc12. The van der Waals surface area contributed by atoms with Crippen molar-refractivity contribution < 1.29 is 14.6 Å². The molecule has 3 aromatic rings. The Labute approximate surface area is 134 Å².